The fourth-order valence-corrected chi connectivity index (χ4v) is 3.25. The lowest BCUT2D eigenvalue weighted by Gasteiger charge is -2.33. The molecule has 1 fully saturated rings. The van der Waals surface area contributed by atoms with E-state index in [4.69, 9.17) is 0 Å². The second-order valence-corrected chi connectivity index (χ2v) is 6.59. The van der Waals surface area contributed by atoms with Crippen LogP contribution < -0.4 is 4.90 Å². The van der Waals surface area contributed by atoms with Crippen LogP contribution in [0.4, 0.5) is 5.69 Å². The van der Waals surface area contributed by atoms with E-state index in [1.54, 1.807) is 0 Å². The first kappa shape index (κ1) is 15.4. The predicted molar refractivity (Wildman–Crippen MR) is 86.2 cm³/mol. The highest BCUT2D eigenvalue weighted by molar-refractivity contribution is 5.55. The number of rotatable bonds is 6. The van der Waals surface area contributed by atoms with Crippen LogP contribution in [0, 0.1) is 12.8 Å². The van der Waals surface area contributed by atoms with Crippen LogP contribution in [0.1, 0.15) is 57.1 Å². The zero-order chi connectivity index (χ0) is 14.5. The van der Waals surface area contributed by atoms with Crippen molar-refractivity contribution in [1.29, 1.82) is 0 Å². The second-order valence-electron chi connectivity index (χ2n) is 6.59. The SMILES string of the molecule is Cc1cc(CO)ccc1N(CCC(C)C)C1CCCC1. The molecule has 1 saturated carbocycles. The molecule has 1 aromatic rings. The highest BCUT2D eigenvalue weighted by atomic mass is 16.3. The normalized spacial score (nSPS) is 16.1. The van der Waals surface area contributed by atoms with Gasteiger partial charge in [0.1, 0.15) is 0 Å². The van der Waals surface area contributed by atoms with Gasteiger partial charge in [-0.1, -0.05) is 38.8 Å². The third kappa shape index (κ3) is 3.76. The predicted octanol–water partition coefficient (Wildman–Crippen LogP) is 4.28. The number of hydrogen-bond donors (Lipinski definition) is 1. The molecule has 0 saturated heterocycles. The maximum absolute atomic E-state index is 9.27. The molecule has 0 radical (unpaired) electrons. The van der Waals surface area contributed by atoms with E-state index in [-0.39, 0.29) is 6.61 Å². The summed E-state index contributed by atoms with van der Waals surface area (Å²) < 4.78 is 0. The third-order valence-corrected chi connectivity index (χ3v) is 4.47. The molecule has 0 spiro atoms. The van der Waals surface area contributed by atoms with Crippen LogP contribution in [0.2, 0.25) is 0 Å². The Morgan fingerprint density at radius 1 is 1.25 bits per heavy atom. The molecule has 112 valence electrons. The summed E-state index contributed by atoms with van der Waals surface area (Å²) in [7, 11) is 0. The molecule has 0 bridgehead atoms. The molecule has 1 N–H and O–H groups in total. The zero-order valence-electron chi connectivity index (χ0n) is 13.2. The first-order valence-corrected chi connectivity index (χ1v) is 8.09. The second kappa shape index (κ2) is 7.12. The fourth-order valence-electron chi connectivity index (χ4n) is 3.25. The summed E-state index contributed by atoms with van der Waals surface area (Å²) in [6, 6.07) is 7.12. The highest BCUT2D eigenvalue weighted by Crippen LogP contribution is 2.31. The van der Waals surface area contributed by atoms with Crippen LogP contribution in [0.5, 0.6) is 0 Å². The number of nitrogens with zero attached hydrogens (tertiary/aromatic N) is 1. The van der Waals surface area contributed by atoms with Gasteiger partial charge in [-0.25, -0.2) is 0 Å². The monoisotopic (exact) mass is 275 g/mol. The first-order chi connectivity index (χ1) is 9.61. The smallest absolute Gasteiger partial charge is 0.0681 e. The Morgan fingerprint density at radius 3 is 2.50 bits per heavy atom. The molecule has 0 heterocycles. The number of aliphatic hydroxyl groups excluding tert-OH is 1. The standard InChI is InChI=1S/C18H29NO/c1-14(2)10-11-19(17-6-4-5-7-17)18-9-8-16(13-20)12-15(18)3/h8-9,12,14,17,20H,4-7,10-11,13H2,1-3H3. The van der Waals surface area contributed by atoms with Crippen LogP contribution in [0.3, 0.4) is 0 Å². The molecule has 0 aliphatic heterocycles. The van der Waals surface area contributed by atoms with E-state index in [1.807, 2.05) is 0 Å². The minimum absolute atomic E-state index is 0.135. The zero-order valence-corrected chi connectivity index (χ0v) is 13.2. The van der Waals surface area contributed by atoms with Crippen LogP contribution >= 0.6 is 0 Å². The van der Waals surface area contributed by atoms with Crippen LogP contribution in [0.15, 0.2) is 18.2 Å². The van der Waals surface area contributed by atoms with Crippen molar-refractivity contribution in [1.82, 2.24) is 0 Å². The molecule has 2 nitrogen and oxygen atoms in total. The summed E-state index contributed by atoms with van der Waals surface area (Å²) in [6.45, 7) is 8.06. The molecule has 1 aromatic carbocycles. The molecule has 0 aromatic heterocycles. The van der Waals surface area contributed by atoms with Crippen molar-refractivity contribution in [2.45, 2.75) is 65.5 Å². The van der Waals surface area contributed by atoms with E-state index in [9.17, 15) is 5.11 Å². The van der Waals surface area contributed by atoms with Crippen LogP contribution in [-0.4, -0.2) is 17.7 Å². The average Bonchev–Trinajstić information content (AvgIpc) is 2.94. The van der Waals surface area contributed by atoms with Gasteiger partial charge >= 0.3 is 0 Å². The van der Waals surface area contributed by atoms with Gasteiger partial charge in [0.2, 0.25) is 0 Å². The van der Waals surface area contributed by atoms with E-state index in [0.717, 1.165) is 18.0 Å². The van der Waals surface area contributed by atoms with Gasteiger partial charge in [-0.15, -0.1) is 0 Å². The topological polar surface area (TPSA) is 23.5 Å². The van der Waals surface area contributed by atoms with Gasteiger partial charge in [0.25, 0.3) is 0 Å². The maximum atomic E-state index is 9.27. The summed E-state index contributed by atoms with van der Waals surface area (Å²) in [6.07, 6.45) is 6.66. The van der Waals surface area contributed by atoms with Crippen LogP contribution in [0.25, 0.3) is 0 Å². The summed E-state index contributed by atoms with van der Waals surface area (Å²) in [5.41, 5.74) is 3.68. The van der Waals surface area contributed by atoms with Crippen molar-refractivity contribution >= 4 is 5.69 Å². The quantitative estimate of drug-likeness (QED) is 0.837. The largest absolute Gasteiger partial charge is 0.392 e. The molecule has 1 aliphatic rings. The number of hydrogen-bond acceptors (Lipinski definition) is 2. The Hall–Kier alpha value is -1.02. The number of aryl methyl sites for hydroxylation is 1. The van der Waals surface area contributed by atoms with Crippen molar-refractivity contribution in [3.8, 4) is 0 Å². The van der Waals surface area contributed by atoms with E-state index < -0.39 is 0 Å². The first-order valence-electron chi connectivity index (χ1n) is 8.09. The van der Waals surface area contributed by atoms with E-state index in [1.165, 1.54) is 43.4 Å². The van der Waals surface area contributed by atoms with Gasteiger partial charge in [-0.05, 0) is 49.3 Å². The molecule has 2 heteroatoms. The number of anilines is 1. The Bertz CT molecular complexity index is 421. The minimum Gasteiger partial charge on any atom is -0.392 e. The fraction of sp³-hybridized carbons (Fsp3) is 0.667. The minimum atomic E-state index is 0.135. The molecule has 0 unspecified atom stereocenters. The summed E-state index contributed by atoms with van der Waals surface area (Å²) in [5.74, 6) is 0.746. The Labute approximate surface area is 123 Å². The molecule has 1 aliphatic carbocycles. The molecular weight excluding hydrogens is 246 g/mol. The summed E-state index contributed by atoms with van der Waals surface area (Å²) in [4.78, 5) is 2.63. The van der Waals surface area contributed by atoms with Gasteiger partial charge in [-0.2, -0.15) is 0 Å². The lowest BCUT2D eigenvalue weighted by Crippen LogP contribution is -2.35. The Kier molecular flexibility index (Phi) is 5.47. The lowest BCUT2D eigenvalue weighted by molar-refractivity contribution is 0.282. The van der Waals surface area contributed by atoms with E-state index in [0.29, 0.717) is 6.04 Å². The van der Waals surface area contributed by atoms with E-state index in [2.05, 4.69) is 43.9 Å². The molecule has 0 atom stereocenters. The van der Waals surface area contributed by atoms with Crippen molar-refractivity contribution < 1.29 is 5.11 Å². The maximum Gasteiger partial charge on any atom is 0.0681 e. The van der Waals surface area contributed by atoms with Gasteiger partial charge in [0.05, 0.1) is 6.61 Å². The van der Waals surface area contributed by atoms with Crippen LogP contribution in [-0.2, 0) is 6.61 Å². The summed E-state index contributed by atoms with van der Waals surface area (Å²) in [5, 5.41) is 9.27. The molecule has 0 amide bonds. The van der Waals surface area contributed by atoms with E-state index >= 15 is 0 Å². The lowest BCUT2D eigenvalue weighted by atomic mass is 10.0. The van der Waals surface area contributed by atoms with Crippen molar-refractivity contribution in [2.24, 2.45) is 5.92 Å². The van der Waals surface area contributed by atoms with Gasteiger partial charge in [0.15, 0.2) is 0 Å². The highest BCUT2D eigenvalue weighted by Gasteiger charge is 2.23. The molecular formula is C18H29NO. The van der Waals surface area contributed by atoms with Crippen molar-refractivity contribution in [2.75, 3.05) is 11.4 Å². The molecule has 20 heavy (non-hydrogen) atoms. The number of aliphatic hydroxyl groups is 1. The Balaban J connectivity index is 2.20. The van der Waals surface area contributed by atoms with Gasteiger partial charge in [-0.3, -0.25) is 0 Å². The van der Waals surface area contributed by atoms with Crippen molar-refractivity contribution in [3.05, 3.63) is 29.3 Å². The average molecular weight is 275 g/mol. The Morgan fingerprint density at radius 2 is 1.95 bits per heavy atom. The summed E-state index contributed by atoms with van der Waals surface area (Å²) >= 11 is 0. The number of benzene rings is 1. The van der Waals surface area contributed by atoms with Gasteiger partial charge < -0.3 is 10.0 Å². The van der Waals surface area contributed by atoms with Gasteiger partial charge in [0, 0.05) is 18.3 Å². The third-order valence-electron chi connectivity index (χ3n) is 4.47. The molecule has 2 rings (SSSR count). The van der Waals surface area contributed by atoms with Crippen molar-refractivity contribution in [3.63, 3.8) is 0 Å².